The number of hydrogen-bond donors (Lipinski definition) is 1. The minimum Gasteiger partial charge on any atom is -0.457 e. The maximum atomic E-state index is 6.06. The minimum absolute atomic E-state index is 0.137. The molecule has 6 rings (SSSR count). The van der Waals surface area contributed by atoms with Gasteiger partial charge < -0.3 is 19.5 Å². The van der Waals surface area contributed by atoms with Gasteiger partial charge in [0.05, 0.1) is 23.6 Å². The highest BCUT2D eigenvalue weighted by molar-refractivity contribution is 7.80. The number of nitrogens with zero attached hydrogens (tertiary/aromatic N) is 4. The lowest BCUT2D eigenvalue weighted by Gasteiger charge is -2.29. The lowest BCUT2D eigenvalue weighted by molar-refractivity contribution is 0.482. The third-order valence-electron chi connectivity index (χ3n) is 6.48. The van der Waals surface area contributed by atoms with E-state index in [1.54, 1.807) is 6.20 Å². The van der Waals surface area contributed by atoms with Gasteiger partial charge in [-0.15, -0.1) is 0 Å². The van der Waals surface area contributed by atoms with Crippen LogP contribution >= 0.6 is 12.2 Å². The van der Waals surface area contributed by atoms with Gasteiger partial charge in [-0.1, -0.05) is 23.8 Å². The number of aryl methyl sites for hydroxylation is 1. The first kappa shape index (κ1) is 22.9. The number of ether oxygens (including phenoxy) is 1. The van der Waals surface area contributed by atoms with E-state index in [1.807, 2.05) is 85.2 Å². The van der Waals surface area contributed by atoms with Gasteiger partial charge in [0.25, 0.3) is 0 Å². The van der Waals surface area contributed by atoms with Crippen molar-refractivity contribution in [2.45, 2.75) is 19.0 Å². The van der Waals surface area contributed by atoms with Crippen molar-refractivity contribution in [2.75, 3.05) is 4.90 Å². The van der Waals surface area contributed by atoms with Crippen LogP contribution in [0.4, 0.5) is 5.69 Å². The maximum absolute atomic E-state index is 6.06. The van der Waals surface area contributed by atoms with E-state index in [4.69, 9.17) is 17.0 Å². The molecule has 2 aromatic carbocycles. The summed E-state index contributed by atoms with van der Waals surface area (Å²) < 4.78 is 8.21. The van der Waals surface area contributed by atoms with E-state index in [2.05, 4.69) is 56.1 Å². The largest absolute Gasteiger partial charge is 0.457 e. The Balaban J connectivity index is 1.38. The van der Waals surface area contributed by atoms with Crippen LogP contribution in [0.2, 0.25) is 0 Å². The van der Waals surface area contributed by atoms with Gasteiger partial charge in [-0.3, -0.25) is 9.97 Å². The number of thiocarbonyl (C=S) groups is 1. The van der Waals surface area contributed by atoms with Crippen LogP contribution in [0, 0.1) is 6.92 Å². The summed E-state index contributed by atoms with van der Waals surface area (Å²) in [6.07, 6.45) is 7.51. The molecule has 5 aromatic rings. The zero-order chi connectivity index (χ0) is 25.2. The van der Waals surface area contributed by atoms with Gasteiger partial charge in [0.1, 0.15) is 17.5 Å². The molecule has 1 N–H and O–H groups in total. The molecule has 3 aromatic heterocycles. The Morgan fingerprint density at radius 3 is 2.30 bits per heavy atom. The van der Waals surface area contributed by atoms with Crippen molar-refractivity contribution >= 4 is 23.0 Å². The second-order valence-electron chi connectivity index (χ2n) is 8.92. The first-order valence-corrected chi connectivity index (χ1v) is 12.5. The first-order chi connectivity index (χ1) is 18.2. The zero-order valence-corrected chi connectivity index (χ0v) is 21.0. The quantitative estimate of drug-likeness (QED) is 0.265. The fourth-order valence-electron chi connectivity index (χ4n) is 4.72. The Kier molecular flexibility index (Phi) is 6.12. The number of rotatable bonds is 6. The molecule has 0 spiro atoms. The number of benzene rings is 2. The van der Waals surface area contributed by atoms with Crippen LogP contribution in [0.25, 0.3) is 5.69 Å². The third kappa shape index (κ3) is 4.57. The number of pyridine rings is 2. The van der Waals surface area contributed by atoms with Crippen LogP contribution in [0.15, 0.2) is 116 Å². The normalized spacial score (nSPS) is 17.0. The predicted molar refractivity (Wildman–Crippen MR) is 149 cm³/mol. The lowest BCUT2D eigenvalue weighted by Crippen LogP contribution is -2.30. The molecule has 7 heteroatoms. The standard InChI is InChI=1S/C30H25N5OS/c1-21-9-13-24(14-10-21)36-25-15-11-22(12-16-25)35-29(28(33-30(35)37)26-7-2-3-18-32-26)27-8-5-19-34(27)23-6-4-17-31-20-23/h2-20,28-29H,1H3,(H,33,37)/t28-,29+/m1/s1. The van der Waals surface area contributed by atoms with E-state index < -0.39 is 0 Å². The molecule has 0 saturated carbocycles. The van der Waals surface area contributed by atoms with E-state index in [1.165, 1.54) is 5.56 Å². The van der Waals surface area contributed by atoms with E-state index in [-0.39, 0.29) is 12.1 Å². The van der Waals surface area contributed by atoms with Crippen LogP contribution in [-0.2, 0) is 0 Å². The van der Waals surface area contributed by atoms with E-state index >= 15 is 0 Å². The monoisotopic (exact) mass is 503 g/mol. The van der Waals surface area contributed by atoms with Gasteiger partial charge in [0.2, 0.25) is 0 Å². The molecular formula is C30H25N5OS. The Hall–Kier alpha value is -4.49. The second kappa shape index (κ2) is 9.87. The van der Waals surface area contributed by atoms with Gasteiger partial charge in [-0.05, 0) is 91.9 Å². The minimum atomic E-state index is -0.138. The SMILES string of the molecule is Cc1ccc(Oc2ccc(N3C(=S)N[C@H](c4ccccn4)[C@@H]3c3cccn3-c3cccnc3)cc2)cc1. The molecule has 0 amide bonds. The molecule has 37 heavy (non-hydrogen) atoms. The molecule has 2 atom stereocenters. The predicted octanol–water partition coefficient (Wildman–Crippen LogP) is 6.55. The molecule has 0 unspecified atom stereocenters. The van der Waals surface area contributed by atoms with Crippen molar-refractivity contribution in [1.29, 1.82) is 0 Å². The van der Waals surface area contributed by atoms with E-state index in [0.29, 0.717) is 5.11 Å². The van der Waals surface area contributed by atoms with E-state index in [0.717, 1.165) is 34.3 Å². The summed E-state index contributed by atoms with van der Waals surface area (Å²) >= 11 is 5.89. The Bertz CT molecular complexity index is 1500. The van der Waals surface area contributed by atoms with Crippen molar-refractivity contribution < 1.29 is 4.74 Å². The summed E-state index contributed by atoms with van der Waals surface area (Å²) in [5.74, 6) is 1.57. The summed E-state index contributed by atoms with van der Waals surface area (Å²) in [5, 5.41) is 4.18. The Morgan fingerprint density at radius 2 is 1.59 bits per heavy atom. The van der Waals surface area contributed by atoms with Crippen molar-refractivity contribution in [3.05, 3.63) is 133 Å². The Labute approximate surface area is 221 Å². The number of hydrogen-bond acceptors (Lipinski definition) is 4. The van der Waals surface area contributed by atoms with Crippen molar-refractivity contribution in [3.8, 4) is 17.2 Å². The fourth-order valence-corrected chi connectivity index (χ4v) is 5.06. The molecular weight excluding hydrogens is 478 g/mol. The van der Waals surface area contributed by atoms with Gasteiger partial charge in [-0.2, -0.15) is 0 Å². The Morgan fingerprint density at radius 1 is 0.811 bits per heavy atom. The zero-order valence-electron chi connectivity index (χ0n) is 20.2. The highest BCUT2D eigenvalue weighted by atomic mass is 32.1. The highest BCUT2D eigenvalue weighted by Crippen LogP contribution is 2.42. The molecule has 182 valence electrons. The summed E-state index contributed by atoms with van der Waals surface area (Å²) in [5.41, 5.74) is 5.16. The summed E-state index contributed by atoms with van der Waals surface area (Å²) in [4.78, 5) is 11.1. The fraction of sp³-hybridized carbons (Fsp3) is 0.100. The van der Waals surface area contributed by atoms with Crippen LogP contribution in [-0.4, -0.2) is 19.6 Å². The summed E-state index contributed by atoms with van der Waals surface area (Å²) in [7, 11) is 0. The molecule has 0 aliphatic carbocycles. The average Bonchev–Trinajstić information content (AvgIpc) is 3.56. The third-order valence-corrected chi connectivity index (χ3v) is 6.79. The van der Waals surface area contributed by atoms with Crippen molar-refractivity contribution in [1.82, 2.24) is 19.9 Å². The summed E-state index contributed by atoms with van der Waals surface area (Å²) in [6.45, 7) is 2.06. The van der Waals surface area contributed by atoms with Gasteiger partial charge >= 0.3 is 0 Å². The molecule has 1 saturated heterocycles. The number of aromatic nitrogens is 3. The molecule has 6 nitrogen and oxygen atoms in total. The maximum Gasteiger partial charge on any atom is 0.174 e. The van der Waals surface area contributed by atoms with E-state index in [9.17, 15) is 0 Å². The van der Waals surface area contributed by atoms with Crippen LogP contribution in [0.5, 0.6) is 11.5 Å². The van der Waals surface area contributed by atoms with Crippen molar-refractivity contribution in [3.63, 3.8) is 0 Å². The van der Waals surface area contributed by atoms with Gasteiger partial charge in [0, 0.05) is 30.0 Å². The van der Waals surface area contributed by atoms with Gasteiger partial charge in [-0.25, -0.2) is 0 Å². The molecule has 4 heterocycles. The summed E-state index contributed by atoms with van der Waals surface area (Å²) in [6, 6.07) is 29.9. The average molecular weight is 504 g/mol. The molecule has 1 aliphatic rings. The molecule has 0 radical (unpaired) electrons. The highest BCUT2D eigenvalue weighted by Gasteiger charge is 2.42. The number of nitrogens with one attached hydrogen (secondary N) is 1. The van der Waals surface area contributed by atoms with Crippen LogP contribution in [0.3, 0.4) is 0 Å². The van der Waals surface area contributed by atoms with Crippen LogP contribution in [0.1, 0.15) is 29.0 Å². The molecule has 1 aliphatic heterocycles. The second-order valence-corrected chi connectivity index (χ2v) is 9.31. The molecule has 0 bridgehead atoms. The van der Waals surface area contributed by atoms with Gasteiger partial charge in [0.15, 0.2) is 5.11 Å². The van der Waals surface area contributed by atoms with Crippen LogP contribution < -0.4 is 15.0 Å². The molecule has 1 fully saturated rings. The topological polar surface area (TPSA) is 55.2 Å². The number of anilines is 1. The lowest BCUT2D eigenvalue weighted by atomic mass is 10.0. The smallest absolute Gasteiger partial charge is 0.174 e. The van der Waals surface area contributed by atoms with Crippen molar-refractivity contribution in [2.24, 2.45) is 0 Å². The first-order valence-electron chi connectivity index (χ1n) is 12.1.